The molecule has 51 heavy (non-hydrogen) atoms. The lowest BCUT2D eigenvalue weighted by molar-refractivity contribution is -0.132. The number of hydrogen-bond acceptors (Lipinski definition) is 13. The maximum atomic E-state index is 10.3. The Kier molecular flexibility index (Phi) is 10.4. The first-order valence-electron chi connectivity index (χ1n) is 17.3. The normalized spacial score (nSPS) is 17.1. The molecule has 0 atom stereocenters. The first-order chi connectivity index (χ1) is 25.0. The van der Waals surface area contributed by atoms with Gasteiger partial charge >= 0.3 is 0 Å². The van der Waals surface area contributed by atoms with Gasteiger partial charge in [-0.05, 0) is 61.6 Å². The Balaban J connectivity index is 0.000000450. The average Bonchev–Trinajstić information content (AvgIpc) is 3.84. The van der Waals surface area contributed by atoms with Crippen molar-refractivity contribution in [3.63, 3.8) is 0 Å². The van der Waals surface area contributed by atoms with Crippen LogP contribution in [0.2, 0.25) is 0 Å². The molecule has 15 heteroatoms. The molecule has 0 saturated carbocycles. The summed E-state index contributed by atoms with van der Waals surface area (Å²) in [7, 11) is 1.90. The molecule has 0 bridgehead atoms. The Bertz CT molecular complexity index is 2010. The van der Waals surface area contributed by atoms with E-state index in [2.05, 4.69) is 63.8 Å². The predicted molar refractivity (Wildman–Crippen MR) is 196 cm³/mol. The summed E-state index contributed by atoms with van der Waals surface area (Å²) >= 11 is 1.61. The van der Waals surface area contributed by atoms with Crippen molar-refractivity contribution in [3.05, 3.63) is 66.6 Å². The summed E-state index contributed by atoms with van der Waals surface area (Å²) in [5.41, 5.74) is 4.88. The van der Waals surface area contributed by atoms with Crippen molar-refractivity contribution in [3.8, 4) is 28.0 Å². The van der Waals surface area contributed by atoms with Crippen molar-refractivity contribution in [1.82, 2.24) is 40.0 Å². The Labute approximate surface area is 300 Å². The zero-order valence-electron chi connectivity index (χ0n) is 28.5. The third-order valence-corrected chi connectivity index (χ3v) is 10.6. The van der Waals surface area contributed by atoms with Crippen LogP contribution in [0.5, 0.6) is 0 Å². The molecule has 0 unspecified atom stereocenters. The minimum Gasteiger partial charge on any atom is -0.387 e. The number of amides is 2. The van der Waals surface area contributed by atoms with E-state index in [1.54, 1.807) is 22.0 Å². The van der Waals surface area contributed by atoms with Gasteiger partial charge in [-0.25, -0.2) is 9.50 Å². The lowest BCUT2D eigenvalue weighted by Gasteiger charge is -2.39. The van der Waals surface area contributed by atoms with Gasteiger partial charge in [0.05, 0.1) is 34.2 Å². The molecule has 3 aliphatic rings. The number of hydrogen-bond donors (Lipinski definition) is 2. The van der Waals surface area contributed by atoms with E-state index in [9.17, 15) is 14.9 Å². The highest BCUT2D eigenvalue weighted by molar-refractivity contribution is 7.18. The number of piperazine rings is 1. The van der Waals surface area contributed by atoms with Gasteiger partial charge in [0.15, 0.2) is 5.01 Å². The van der Waals surface area contributed by atoms with Crippen LogP contribution >= 0.6 is 11.3 Å². The molecule has 5 aromatic heterocycles. The van der Waals surface area contributed by atoms with Gasteiger partial charge in [0.1, 0.15) is 11.9 Å². The molecule has 3 saturated heterocycles. The number of nitrogens with one attached hydrogen (secondary N) is 2. The number of nitrogens with zero attached hydrogens (tertiary/aromatic N) is 10. The van der Waals surface area contributed by atoms with Gasteiger partial charge in [-0.2, -0.15) is 10.4 Å². The van der Waals surface area contributed by atoms with Gasteiger partial charge in [-0.3, -0.25) is 24.8 Å². The van der Waals surface area contributed by atoms with E-state index in [0.717, 1.165) is 89.3 Å². The van der Waals surface area contributed by atoms with Crippen molar-refractivity contribution < 1.29 is 9.59 Å². The van der Waals surface area contributed by atoms with Crippen molar-refractivity contribution in [2.45, 2.75) is 32.1 Å². The first kappa shape index (κ1) is 34.0. The number of rotatable bonds is 7. The number of carbonyl (C=O) groups excluding carboxylic acids is 2. The number of pyridine rings is 2. The quantitative estimate of drug-likeness (QED) is 0.234. The van der Waals surface area contributed by atoms with Crippen LogP contribution < -0.4 is 20.4 Å². The summed E-state index contributed by atoms with van der Waals surface area (Å²) in [4.78, 5) is 37.3. The molecule has 5 aromatic rings. The largest absolute Gasteiger partial charge is 0.387 e. The Morgan fingerprint density at radius 1 is 0.941 bits per heavy atom. The minimum absolute atomic E-state index is 0.138. The second kappa shape index (κ2) is 15.6. The molecule has 14 nitrogen and oxygen atoms in total. The van der Waals surface area contributed by atoms with E-state index in [-0.39, 0.29) is 11.8 Å². The monoisotopic (exact) mass is 704 g/mol. The lowest BCUT2D eigenvalue weighted by atomic mass is 9.96. The fourth-order valence-corrected chi connectivity index (χ4v) is 7.66. The first-order valence-corrected chi connectivity index (χ1v) is 18.1. The Morgan fingerprint density at radius 2 is 1.75 bits per heavy atom. The maximum Gasteiger partial charge on any atom is 0.226 e. The van der Waals surface area contributed by atoms with Crippen LogP contribution in [0, 0.1) is 17.2 Å². The van der Waals surface area contributed by atoms with Crippen molar-refractivity contribution in [2.75, 3.05) is 68.0 Å². The van der Waals surface area contributed by atoms with Crippen molar-refractivity contribution in [1.29, 1.82) is 5.26 Å². The molecule has 0 aromatic carbocycles. The fraction of sp³-hybridized carbons (Fsp3) is 0.389. The van der Waals surface area contributed by atoms with Crippen LogP contribution in [0.4, 0.5) is 16.6 Å². The Morgan fingerprint density at radius 3 is 2.43 bits per heavy atom. The number of nitriles is 1. The molecule has 8 heterocycles. The van der Waals surface area contributed by atoms with Crippen molar-refractivity contribution >= 4 is 45.3 Å². The predicted octanol–water partition coefficient (Wildman–Crippen LogP) is 4.07. The third-order valence-electron chi connectivity index (χ3n) is 9.54. The van der Waals surface area contributed by atoms with Crippen LogP contribution in [-0.4, -0.2) is 99.4 Å². The smallest absolute Gasteiger partial charge is 0.226 e. The van der Waals surface area contributed by atoms with Gasteiger partial charge in [0, 0.05) is 83.8 Å². The van der Waals surface area contributed by atoms with Crippen LogP contribution in [-0.2, 0) is 9.59 Å². The van der Waals surface area contributed by atoms with E-state index in [4.69, 9.17) is 4.98 Å². The molecule has 2 amide bonds. The van der Waals surface area contributed by atoms with Gasteiger partial charge in [-0.1, -0.05) is 17.4 Å². The van der Waals surface area contributed by atoms with Crippen LogP contribution in [0.1, 0.15) is 37.7 Å². The summed E-state index contributed by atoms with van der Waals surface area (Å²) in [6.07, 6.45) is 9.47. The van der Waals surface area contributed by atoms with Crippen molar-refractivity contribution in [2.24, 2.45) is 5.92 Å². The van der Waals surface area contributed by atoms with E-state index in [1.165, 1.54) is 19.4 Å². The zero-order valence-corrected chi connectivity index (χ0v) is 29.3. The molecule has 3 aliphatic heterocycles. The van der Waals surface area contributed by atoms with Gasteiger partial charge in [0.25, 0.3) is 0 Å². The number of fused-ring (bicyclic) bond motifs is 1. The molecule has 0 spiro atoms. The zero-order chi connectivity index (χ0) is 35.2. The highest BCUT2D eigenvalue weighted by Gasteiger charge is 2.26. The number of piperidine rings is 2. The minimum atomic E-state index is -0.138. The van der Waals surface area contributed by atoms with Crippen LogP contribution in [0.3, 0.4) is 0 Å². The van der Waals surface area contributed by atoms with E-state index >= 15 is 0 Å². The van der Waals surface area contributed by atoms with Gasteiger partial charge < -0.3 is 15.1 Å². The molecular weight excluding hydrogens is 665 g/mol. The molecule has 0 aliphatic carbocycles. The maximum absolute atomic E-state index is 10.3. The number of anilines is 3. The topological polar surface area (TPSA) is 161 Å². The number of imide groups is 1. The molecule has 262 valence electrons. The standard InChI is InChI=1S/C31H33N11S.C5H7NO2/c1-33-26-17-27(28-6-5-24-16-23(18-32)19-36-42(24)28)35-20-25(26)30-37-38-31(43-30)41-14-12-39(13-15-41)21-22-7-10-40(11-8-22)29-4-2-3-9-34-29;7-4-2-1-3-5(8)6-4/h2-6,9,16-17,19-20,22H,7-8,10-15,21H2,1H3,(H,33,35);1-3H2,(H,6,7,8). The SMILES string of the molecule is CNc1cc(-c2ccc3cc(C#N)cnn23)ncc1-c1nnc(N2CCN(CC3CCN(c4ccccn4)CC3)CC2)s1.O=C1CCCC(=O)N1. The third kappa shape index (κ3) is 7.97. The second-order valence-corrected chi connectivity index (χ2v) is 13.9. The van der Waals surface area contributed by atoms with Gasteiger partial charge in [0.2, 0.25) is 16.9 Å². The van der Waals surface area contributed by atoms with Crippen LogP contribution in [0.15, 0.2) is 61.1 Å². The highest BCUT2D eigenvalue weighted by Crippen LogP contribution is 2.35. The number of aromatic nitrogens is 6. The van der Waals surface area contributed by atoms with Crippen LogP contribution in [0.25, 0.3) is 27.5 Å². The number of carbonyl (C=O) groups is 2. The summed E-state index contributed by atoms with van der Waals surface area (Å²) in [5, 5.41) is 30.0. The molecule has 8 rings (SSSR count). The van der Waals surface area contributed by atoms with E-state index in [0.29, 0.717) is 24.8 Å². The average molecular weight is 705 g/mol. The van der Waals surface area contributed by atoms with Gasteiger partial charge in [-0.15, -0.1) is 10.2 Å². The highest BCUT2D eigenvalue weighted by atomic mass is 32.1. The van der Waals surface area contributed by atoms with E-state index in [1.807, 2.05) is 49.8 Å². The molecule has 0 radical (unpaired) electrons. The lowest BCUT2D eigenvalue weighted by Crippen LogP contribution is -2.49. The summed E-state index contributed by atoms with van der Waals surface area (Å²) in [5.74, 6) is 1.57. The van der Waals surface area contributed by atoms with E-state index < -0.39 is 0 Å². The second-order valence-electron chi connectivity index (χ2n) is 12.9. The molecular formula is C36H40N12O2S. The summed E-state index contributed by atoms with van der Waals surface area (Å²) < 4.78 is 1.80. The molecule has 2 N–H and O–H groups in total. The fourth-order valence-electron chi connectivity index (χ4n) is 6.74. The summed E-state index contributed by atoms with van der Waals surface area (Å²) in [6.45, 7) is 7.34. The molecule has 3 fully saturated rings. The summed E-state index contributed by atoms with van der Waals surface area (Å²) in [6, 6.07) is 16.0. The Hall–Kier alpha value is -5.46.